The van der Waals surface area contributed by atoms with Crippen molar-refractivity contribution in [3.05, 3.63) is 41.7 Å². The fourth-order valence-electron chi connectivity index (χ4n) is 2.14. The van der Waals surface area contributed by atoms with Crippen LogP contribution in [0.4, 0.5) is 5.82 Å². The quantitative estimate of drug-likeness (QED) is 0.744. The van der Waals surface area contributed by atoms with Crippen LogP contribution >= 0.6 is 0 Å². The highest BCUT2D eigenvalue weighted by Gasteiger charge is 2.16. The molecule has 0 aliphatic heterocycles. The van der Waals surface area contributed by atoms with Gasteiger partial charge in [0.05, 0.1) is 13.2 Å². The van der Waals surface area contributed by atoms with Crippen LogP contribution in [0.15, 0.2) is 34.9 Å². The van der Waals surface area contributed by atoms with Crippen molar-refractivity contribution in [3.63, 3.8) is 0 Å². The summed E-state index contributed by atoms with van der Waals surface area (Å²) < 4.78 is 10.4. The van der Waals surface area contributed by atoms with Crippen LogP contribution in [0.2, 0.25) is 0 Å². The number of likely N-dealkylation sites (N-methyl/N-ethyl adjacent to an activating group) is 1. The molecule has 1 heterocycles. The van der Waals surface area contributed by atoms with E-state index in [-0.39, 0.29) is 18.4 Å². The van der Waals surface area contributed by atoms with Gasteiger partial charge in [-0.15, -0.1) is 0 Å². The Bertz CT molecular complexity index is 709. The first-order valence-electron chi connectivity index (χ1n) is 8.21. The van der Waals surface area contributed by atoms with E-state index in [4.69, 9.17) is 9.26 Å². The van der Waals surface area contributed by atoms with Crippen LogP contribution in [0.5, 0.6) is 5.75 Å². The number of carbonyl (C=O) groups excluding carboxylic acids is 2. The number of anilines is 1. The Kier molecular flexibility index (Phi) is 6.56. The van der Waals surface area contributed by atoms with Crippen LogP contribution in [0.25, 0.3) is 0 Å². The van der Waals surface area contributed by atoms with Crippen molar-refractivity contribution < 1.29 is 18.8 Å². The summed E-state index contributed by atoms with van der Waals surface area (Å²) in [5, 5.41) is 6.26. The summed E-state index contributed by atoms with van der Waals surface area (Å²) in [6.45, 7) is 4.40. The van der Waals surface area contributed by atoms with Gasteiger partial charge in [0.25, 0.3) is 5.91 Å². The van der Waals surface area contributed by atoms with Gasteiger partial charge in [0.15, 0.2) is 5.82 Å². The number of nitrogens with one attached hydrogen (secondary N) is 1. The molecule has 0 spiro atoms. The average molecular weight is 345 g/mol. The van der Waals surface area contributed by atoms with Gasteiger partial charge >= 0.3 is 0 Å². The van der Waals surface area contributed by atoms with E-state index < -0.39 is 0 Å². The lowest BCUT2D eigenvalue weighted by atomic mass is 10.2. The summed E-state index contributed by atoms with van der Waals surface area (Å²) in [5.41, 5.74) is 0.496. The first-order chi connectivity index (χ1) is 12.0. The molecule has 0 fully saturated rings. The summed E-state index contributed by atoms with van der Waals surface area (Å²) >= 11 is 0. The Morgan fingerprint density at radius 2 is 2.00 bits per heavy atom. The highest BCUT2D eigenvalue weighted by Crippen LogP contribution is 2.14. The van der Waals surface area contributed by atoms with E-state index in [1.165, 1.54) is 4.90 Å². The number of amides is 2. The van der Waals surface area contributed by atoms with Crippen LogP contribution in [-0.4, -0.2) is 42.1 Å². The smallest absolute Gasteiger partial charge is 0.254 e. The second-order valence-corrected chi connectivity index (χ2v) is 5.76. The molecule has 7 heteroatoms. The maximum Gasteiger partial charge on any atom is 0.254 e. The zero-order chi connectivity index (χ0) is 18.2. The van der Waals surface area contributed by atoms with E-state index >= 15 is 0 Å². The molecule has 2 aromatic rings. The molecular formula is C18H23N3O4. The second kappa shape index (κ2) is 8.86. The van der Waals surface area contributed by atoms with Crippen molar-refractivity contribution >= 4 is 17.6 Å². The maximum atomic E-state index is 12.4. The zero-order valence-corrected chi connectivity index (χ0v) is 14.7. The number of ether oxygens (including phenoxy) is 1. The molecule has 0 atom stereocenters. The summed E-state index contributed by atoms with van der Waals surface area (Å²) in [6, 6.07) is 8.51. The SMILES string of the molecule is CCCCOc1ccc(C(=O)N(C)CC(=O)Nc2cc(C)on2)cc1. The van der Waals surface area contributed by atoms with Crippen molar-refractivity contribution in [1.82, 2.24) is 10.1 Å². The van der Waals surface area contributed by atoms with Gasteiger partial charge in [0, 0.05) is 18.7 Å². The number of hydrogen-bond acceptors (Lipinski definition) is 5. The standard InChI is InChI=1S/C18H23N3O4/c1-4-5-10-24-15-8-6-14(7-9-15)18(23)21(3)12-17(22)19-16-11-13(2)25-20-16/h6-9,11H,4-5,10,12H2,1-3H3,(H,19,20,22). The number of aryl methyl sites for hydroxylation is 1. The number of benzene rings is 1. The molecule has 0 saturated heterocycles. The van der Waals surface area contributed by atoms with E-state index in [2.05, 4.69) is 17.4 Å². The highest BCUT2D eigenvalue weighted by atomic mass is 16.5. The third-order valence-corrected chi connectivity index (χ3v) is 3.49. The Balaban J connectivity index is 1.87. The van der Waals surface area contributed by atoms with Crippen LogP contribution < -0.4 is 10.1 Å². The molecule has 0 aliphatic rings. The van der Waals surface area contributed by atoms with Crippen molar-refractivity contribution in [2.24, 2.45) is 0 Å². The van der Waals surface area contributed by atoms with Gasteiger partial charge < -0.3 is 19.5 Å². The fourth-order valence-corrected chi connectivity index (χ4v) is 2.14. The molecule has 25 heavy (non-hydrogen) atoms. The Morgan fingerprint density at radius 3 is 2.60 bits per heavy atom. The van der Waals surface area contributed by atoms with E-state index in [0.717, 1.165) is 18.6 Å². The maximum absolute atomic E-state index is 12.4. The van der Waals surface area contributed by atoms with Gasteiger partial charge in [-0.3, -0.25) is 9.59 Å². The summed E-state index contributed by atoms with van der Waals surface area (Å²) in [4.78, 5) is 25.7. The van der Waals surface area contributed by atoms with Crippen molar-refractivity contribution in [2.75, 3.05) is 25.5 Å². The summed E-state index contributed by atoms with van der Waals surface area (Å²) in [7, 11) is 1.57. The molecule has 0 unspecified atom stereocenters. The molecular weight excluding hydrogens is 322 g/mol. The minimum atomic E-state index is -0.344. The van der Waals surface area contributed by atoms with Crippen molar-refractivity contribution in [1.29, 1.82) is 0 Å². The molecule has 7 nitrogen and oxygen atoms in total. The lowest BCUT2D eigenvalue weighted by Gasteiger charge is -2.16. The van der Waals surface area contributed by atoms with Gasteiger partial charge in [-0.25, -0.2) is 0 Å². The van der Waals surface area contributed by atoms with Crippen LogP contribution in [-0.2, 0) is 4.79 Å². The fraction of sp³-hybridized carbons (Fsp3) is 0.389. The van der Waals surface area contributed by atoms with Gasteiger partial charge in [0.2, 0.25) is 5.91 Å². The van der Waals surface area contributed by atoms with E-state index in [1.807, 2.05) is 0 Å². The lowest BCUT2D eigenvalue weighted by Crippen LogP contribution is -2.34. The third kappa shape index (κ3) is 5.63. The molecule has 0 aliphatic carbocycles. The Hall–Kier alpha value is -2.83. The largest absolute Gasteiger partial charge is 0.494 e. The topological polar surface area (TPSA) is 84.7 Å². The Morgan fingerprint density at radius 1 is 1.28 bits per heavy atom. The molecule has 2 rings (SSSR count). The van der Waals surface area contributed by atoms with Crippen LogP contribution in [0.3, 0.4) is 0 Å². The number of unbranched alkanes of at least 4 members (excludes halogenated alkanes) is 1. The number of rotatable bonds is 8. The number of carbonyl (C=O) groups is 2. The number of nitrogens with zero attached hydrogens (tertiary/aromatic N) is 2. The molecule has 0 saturated carbocycles. The molecule has 0 radical (unpaired) electrons. The molecule has 1 aromatic carbocycles. The molecule has 1 N–H and O–H groups in total. The van der Waals surface area contributed by atoms with Gasteiger partial charge in [-0.1, -0.05) is 18.5 Å². The zero-order valence-electron chi connectivity index (χ0n) is 14.7. The first-order valence-corrected chi connectivity index (χ1v) is 8.21. The number of aromatic nitrogens is 1. The second-order valence-electron chi connectivity index (χ2n) is 5.76. The predicted molar refractivity (Wildman–Crippen MR) is 93.7 cm³/mol. The van der Waals surface area contributed by atoms with Gasteiger partial charge in [-0.05, 0) is 37.6 Å². The first kappa shape index (κ1) is 18.5. The number of hydrogen-bond donors (Lipinski definition) is 1. The molecule has 2 amide bonds. The Labute approximate surface area is 146 Å². The van der Waals surface area contributed by atoms with Crippen LogP contribution in [0.1, 0.15) is 35.9 Å². The van der Waals surface area contributed by atoms with Gasteiger partial charge in [0.1, 0.15) is 11.5 Å². The third-order valence-electron chi connectivity index (χ3n) is 3.49. The predicted octanol–water partition coefficient (Wildman–Crippen LogP) is 2.87. The lowest BCUT2D eigenvalue weighted by molar-refractivity contribution is -0.116. The van der Waals surface area contributed by atoms with E-state index in [0.29, 0.717) is 23.7 Å². The van der Waals surface area contributed by atoms with E-state index in [9.17, 15) is 9.59 Å². The molecule has 134 valence electrons. The average Bonchev–Trinajstić information content (AvgIpc) is 2.99. The minimum absolute atomic E-state index is 0.0838. The van der Waals surface area contributed by atoms with Crippen LogP contribution in [0, 0.1) is 6.92 Å². The highest BCUT2D eigenvalue weighted by molar-refractivity contribution is 5.98. The van der Waals surface area contributed by atoms with Crippen molar-refractivity contribution in [2.45, 2.75) is 26.7 Å². The van der Waals surface area contributed by atoms with E-state index in [1.54, 1.807) is 44.3 Å². The molecule has 1 aromatic heterocycles. The van der Waals surface area contributed by atoms with Gasteiger partial charge in [-0.2, -0.15) is 0 Å². The normalized spacial score (nSPS) is 10.4. The summed E-state index contributed by atoms with van der Waals surface area (Å²) in [6.07, 6.45) is 2.06. The minimum Gasteiger partial charge on any atom is -0.494 e. The molecule has 0 bridgehead atoms. The van der Waals surface area contributed by atoms with Crippen molar-refractivity contribution in [3.8, 4) is 5.75 Å². The monoisotopic (exact) mass is 345 g/mol. The summed E-state index contributed by atoms with van der Waals surface area (Å²) in [5.74, 6) is 1.07.